The van der Waals surface area contributed by atoms with Gasteiger partial charge in [0.25, 0.3) is 0 Å². The number of aryl methyl sites for hydroxylation is 1. The van der Waals surface area contributed by atoms with E-state index in [-0.39, 0.29) is 5.95 Å². The fourth-order valence-corrected chi connectivity index (χ4v) is 2.34. The number of hydrogen-bond donors (Lipinski definition) is 2. The van der Waals surface area contributed by atoms with Crippen LogP contribution in [0.15, 0.2) is 28.6 Å². The Morgan fingerprint density at radius 2 is 2.17 bits per heavy atom. The van der Waals surface area contributed by atoms with Crippen LogP contribution >= 0.6 is 11.8 Å². The molecule has 0 spiro atoms. The summed E-state index contributed by atoms with van der Waals surface area (Å²) in [5.74, 6) is 0.196. The lowest BCUT2D eigenvalue weighted by Crippen LogP contribution is -1.97. The van der Waals surface area contributed by atoms with Crippen molar-refractivity contribution in [3.05, 3.63) is 24.2 Å². The molecule has 3 rings (SSSR count). The van der Waals surface area contributed by atoms with Crippen molar-refractivity contribution in [3.63, 3.8) is 0 Å². The number of nitrogens with zero attached hydrogens (tertiary/aromatic N) is 5. The molecule has 8 heteroatoms. The molecule has 0 aliphatic heterocycles. The van der Waals surface area contributed by atoms with Gasteiger partial charge in [0.1, 0.15) is 5.03 Å². The molecule has 0 fully saturated rings. The Bertz CT molecular complexity index is 708. The molecule has 0 aliphatic rings. The van der Waals surface area contributed by atoms with Crippen molar-refractivity contribution >= 4 is 28.7 Å². The molecular weight excluding hydrogens is 250 g/mol. The Morgan fingerprint density at radius 1 is 1.28 bits per heavy atom. The Balaban J connectivity index is 2.06. The number of aromatic amines is 1. The number of rotatable bonds is 2. The van der Waals surface area contributed by atoms with Crippen molar-refractivity contribution in [1.29, 1.82) is 0 Å². The van der Waals surface area contributed by atoms with Gasteiger partial charge >= 0.3 is 0 Å². The number of hydrogen-bond acceptors (Lipinski definition) is 7. The third kappa shape index (κ3) is 1.97. The first-order valence-electron chi connectivity index (χ1n) is 5.16. The van der Waals surface area contributed by atoms with Crippen LogP contribution in [0.5, 0.6) is 0 Å². The molecule has 3 heterocycles. The summed E-state index contributed by atoms with van der Waals surface area (Å²) in [7, 11) is 0. The maximum Gasteiger partial charge on any atom is 0.223 e. The van der Waals surface area contributed by atoms with E-state index in [0.717, 1.165) is 11.1 Å². The van der Waals surface area contributed by atoms with Gasteiger partial charge in [-0.15, -0.1) is 0 Å². The predicted molar refractivity (Wildman–Crippen MR) is 67.0 cm³/mol. The van der Waals surface area contributed by atoms with E-state index in [0.29, 0.717) is 15.8 Å². The third-order valence-electron chi connectivity index (χ3n) is 2.25. The minimum Gasteiger partial charge on any atom is -0.368 e. The predicted octanol–water partition coefficient (Wildman–Crippen LogP) is 1.18. The Morgan fingerprint density at radius 3 is 3.00 bits per heavy atom. The highest BCUT2D eigenvalue weighted by molar-refractivity contribution is 7.99. The smallest absolute Gasteiger partial charge is 0.223 e. The molecule has 0 radical (unpaired) electrons. The second-order valence-corrected chi connectivity index (χ2v) is 4.56. The van der Waals surface area contributed by atoms with Crippen LogP contribution in [0.3, 0.4) is 0 Å². The van der Waals surface area contributed by atoms with Gasteiger partial charge in [-0.3, -0.25) is 5.10 Å². The third-order valence-corrected chi connectivity index (χ3v) is 3.14. The molecule has 3 aromatic rings. The number of fused-ring (bicyclic) bond motifs is 1. The molecule has 0 aliphatic carbocycles. The number of anilines is 1. The first-order chi connectivity index (χ1) is 8.72. The second kappa shape index (κ2) is 4.22. The van der Waals surface area contributed by atoms with Crippen LogP contribution in [0.4, 0.5) is 5.95 Å². The quantitative estimate of drug-likeness (QED) is 0.525. The van der Waals surface area contributed by atoms with Gasteiger partial charge in [0.15, 0.2) is 10.8 Å². The molecule has 0 saturated heterocycles. The summed E-state index contributed by atoms with van der Waals surface area (Å²) >= 11 is 1.34. The second-order valence-electron chi connectivity index (χ2n) is 3.60. The largest absolute Gasteiger partial charge is 0.368 e. The number of nitrogen functional groups attached to an aromatic ring is 1. The molecule has 0 aromatic carbocycles. The van der Waals surface area contributed by atoms with E-state index in [1.54, 1.807) is 12.4 Å². The van der Waals surface area contributed by atoms with E-state index >= 15 is 0 Å². The maximum absolute atomic E-state index is 5.64. The first-order valence-corrected chi connectivity index (χ1v) is 5.98. The van der Waals surface area contributed by atoms with E-state index in [4.69, 9.17) is 5.73 Å². The highest BCUT2D eigenvalue weighted by Gasteiger charge is 2.11. The molecule has 18 heavy (non-hydrogen) atoms. The summed E-state index contributed by atoms with van der Waals surface area (Å²) < 4.78 is 0. The van der Waals surface area contributed by atoms with Crippen LogP contribution < -0.4 is 5.73 Å². The fraction of sp³-hybridized carbons (Fsp3) is 0.100. The lowest BCUT2D eigenvalue weighted by atomic mass is 10.4. The summed E-state index contributed by atoms with van der Waals surface area (Å²) in [5, 5.41) is 8.81. The van der Waals surface area contributed by atoms with Crippen LogP contribution in [0.2, 0.25) is 0 Å². The standard InChI is InChI=1S/C10H9N7S/c1-5-2-3-12-10(14-5)18-8-6-4-13-17-7(6)15-9(11)16-8/h2-4H,1H3,(H3,11,13,15,16,17). The lowest BCUT2D eigenvalue weighted by Gasteiger charge is -2.02. The summed E-state index contributed by atoms with van der Waals surface area (Å²) in [6.07, 6.45) is 3.37. The maximum atomic E-state index is 5.64. The zero-order valence-corrected chi connectivity index (χ0v) is 10.3. The van der Waals surface area contributed by atoms with E-state index in [9.17, 15) is 0 Å². The Hall–Kier alpha value is -2.22. The Kier molecular flexibility index (Phi) is 2.56. The number of H-pyrrole nitrogens is 1. The van der Waals surface area contributed by atoms with E-state index in [1.807, 2.05) is 13.0 Å². The molecule has 0 amide bonds. The molecule has 0 bridgehead atoms. The normalized spacial score (nSPS) is 10.9. The minimum atomic E-state index is 0.196. The molecule has 0 atom stereocenters. The average Bonchev–Trinajstić information content (AvgIpc) is 2.77. The van der Waals surface area contributed by atoms with E-state index in [1.165, 1.54) is 11.8 Å². The van der Waals surface area contributed by atoms with Gasteiger partial charge < -0.3 is 5.73 Å². The molecule has 3 aromatic heterocycles. The average molecular weight is 259 g/mol. The van der Waals surface area contributed by atoms with Crippen LogP contribution in [0.1, 0.15) is 5.69 Å². The van der Waals surface area contributed by atoms with Crippen molar-refractivity contribution in [2.75, 3.05) is 5.73 Å². The van der Waals surface area contributed by atoms with Crippen LogP contribution in [0, 0.1) is 6.92 Å². The molecular formula is C10H9N7S. The minimum absolute atomic E-state index is 0.196. The zero-order chi connectivity index (χ0) is 12.5. The number of aromatic nitrogens is 6. The van der Waals surface area contributed by atoms with E-state index in [2.05, 4.69) is 30.1 Å². The van der Waals surface area contributed by atoms with Crippen LogP contribution in [0.25, 0.3) is 11.0 Å². The molecule has 3 N–H and O–H groups in total. The first kappa shape index (κ1) is 10.9. The summed E-state index contributed by atoms with van der Waals surface area (Å²) in [4.78, 5) is 16.7. The van der Waals surface area contributed by atoms with Crippen molar-refractivity contribution in [2.24, 2.45) is 0 Å². The summed E-state index contributed by atoms with van der Waals surface area (Å²) in [6.45, 7) is 1.91. The van der Waals surface area contributed by atoms with Gasteiger partial charge in [-0.1, -0.05) is 0 Å². The van der Waals surface area contributed by atoms with Gasteiger partial charge in [-0.25, -0.2) is 15.0 Å². The highest BCUT2D eigenvalue weighted by atomic mass is 32.2. The van der Waals surface area contributed by atoms with Gasteiger partial charge in [-0.05, 0) is 24.8 Å². The van der Waals surface area contributed by atoms with Crippen molar-refractivity contribution in [3.8, 4) is 0 Å². The molecule has 90 valence electrons. The Labute approximate surface area is 106 Å². The zero-order valence-electron chi connectivity index (χ0n) is 9.45. The van der Waals surface area contributed by atoms with Crippen molar-refractivity contribution in [2.45, 2.75) is 17.1 Å². The van der Waals surface area contributed by atoms with E-state index < -0.39 is 0 Å². The highest BCUT2D eigenvalue weighted by Crippen LogP contribution is 2.28. The van der Waals surface area contributed by atoms with Crippen molar-refractivity contribution < 1.29 is 0 Å². The molecule has 0 unspecified atom stereocenters. The summed E-state index contributed by atoms with van der Waals surface area (Å²) in [6, 6.07) is 1.84. The van der Waals surface area contributed by atoms with Crippen LogP contribution in [-0.2, 0) is 0 Å². The fourth-order valence-electron chi connectivity index (χ4n) is 1.46. The van der Waals surface area contributed by atoms with Gasteiger partial charge in [-0.2, -0.15) is 10.1 Å². The summed E-state index contributed by atoms with van der Waals surface area (Å²) in [5.41, 5.74) is 7.15. The topological polar surface area (TPSA) is 106 Å². The number of nitrogens with two attached hydrogens (primary N) is 1. The lowest BCUT2D eigenvalue weighted by molar-refractivity contribution is 0.928. The molecule has 0 saturated carbocycles. The van der Waals surface area contributed by atoms with Crippen molar-refractivity contribution in [1.82, 2.24) is 30.1 Å². The van der Waals surface area contributed by atoms with Crippen LogP contribution in [-0.4, -0.2) is 30.1 Å². The van der Waals surface area contributed by atoms with Gasteiger partial charge in [0.2, 0.25) is 5.95 Å². The van der Waals surface area contributed by atoms with Gasteiger partial charge in [0.05, 0.1) is 11.6 Å². The molecule has 7 nitrogen and oxygen atoms in total. The van der Waals surface area contributed by atoms with Gasteiger partial charge in [0, 0.05) is 11.9 Å². The number of nitrogens with one attached hydrogen (secondary N) is 1. The monoisotopic (exact) mass is 259 g/mol. The SMILES string of the molecule is Cc1ccnc(Sc2nc(N)nc3[nH]ncc23)n1.